The highest BCUT2D eigenvalue weighted by atomic mass is 35.5. The molecule has 0 aliphatic heterocycles. The molecule has 0 radical (unpaired) electrons. The first-order chi connectivity index (χ1) is 16.6. The van der Waals surface area contributed by atoms with Crippen LogP contribution < -0.4 is 10.6 Å². The first-order valence-corrected chi connectivity index (χ1v) is 12.0. The summed E-state index contributed by atoms with van der Waals surface area (Å²) in [5.41, 5.74) is 2.59. The quantitative estimate of drug-likeness (QED) is 0.332. The molecule has 0 bridgehead atoms. The van der Waals surface area contributed by atoms with E-state index in [1.807, 2.05) is 60.7 Å². The summed E-state index contributed by atoms with van der Waals surface area (Å²) in [6, 6.07) is 26.9. The van der Waals surface area contributed by atoms with E-state index in [-0.39, 0.29) is 24.2 Å². The molecule has 1 heterocycles. The van der Waals surface area contributed by atoms with Gasteiger partial charge in [0.05, 0.1) is 10.6 Å². The zero-order valence-electron chi connectivity index (χ0n) is 18.3. The second-order valence-corrected chi connectivity index (χ2v) is 9.08. The van der Waals surface area contributed by atoms with Crippen molar-refractivity contribution in [3.8, 4) is 0 Å². The molecule has 0 fully saturated rings. The number of nitrogens with zero attached hydrogens (tertiary/aromatic N) is 2. The van der Waals surface area contributed by atoms with Crippen LogP contribution in [0.15, 0.2) is 84.9 Å². The lowest BCUT2D eigenvalue weighted by atomic mass is 9.88. The third-order valence-electron chi connectivity index (χ3n) is 5.25. The fourth-order valence-corrected chi connectivity index (χ4v) is 4.56. The van der Waals surface area contributed by atoms with E-state index in [0.29, 0.717) is 28.7 Å². The van der Waals surface area contributed by atoms with Crippen LogP contribution in [0.4, 0.5) is 5.13 Å². The molecule has 0 unspecified atom stereocenters. The third-order valence-corrected chi connectivity index (χ3v) is 6.48. The zero-order chi connectivity index (χ0) is 23.8. The summed E-state index contributed by atoms with van der Waals surface area (Å²) in [4.78, 5) is 25.1. The molecule has 4 aromatic rings. The van der Waals surface area contributed by atoms with Gasteiger partial charge in [0.2, 0.25) is 11.0 Å². The van der Waals surface area contributed by atoms with Crippen molar-refractivity contribution in [2.45, 2.75) is 18.8 Å². The largest absolute Gasteiger partial charge is 0.352 e. The van der Waals surface area contributed by atoms with Crippen LogP contribution in [0.2, 0.25) is 5.02 Å². The lowest BCUT2D eigenvalue weighted by Gasteiger charge is -2.17. The number of nitrogens with one attached hydrogen (secondary N) is 2. The van der Waals surface area contributed by atoms with Crippen LogP contribution >= 0.6 is 22.9 Å². The van der Waals surface area contributed by atoms with Crippen LogP contribution in [0.25, 0.3) is 0 Å². The molecule has 172 valence electrons. The standard InChI is InChI=1S/C26H23ClN4O2S/c27-22-14-8-7-13-20(22)25(33)28-16-15-24-30-31-26(34-24)29-23(32)17-21(18-9-3-1-4-10-18)19-11-5-2-6-12-19/h1-14,21H,15-17H2,(H,28,33)(H,29,31,32). The van der Waals surface area contributed by atoms with Crippen LogP contribution in [0.1, 0.15) is 38.8 Å². The molecule has 1 aromatic heterocycles. The minimum absolute atomic E-state index is 0.0604. The van der Waals surface area contributed by atoms with Crippen LogP contribution in [0.3, 0.4) is 0 Å². The number of aromatic nitrogens is 2. The van der Waals surface area contributed by atoms with E-state index in [2.05, 4.69) is 20.8 Å². The van der Waals surface area contributed by atoms with Crippen molar-refractivity contribution in [1.82, 2.24) is 15.5 Å². The Morgan fingerprint density at radius 2 is 1.47 bits per heavy atom. The number of carbonyl (C=O) groups excluding carboxylic acids is 2. The first kappa shape index (κ1) is 23.6. The van der Waals surface area contributed by atoms with Crippen LogP contribution in [-0.2, 0) is 11.2 Å². The maximum Gasteiger partial charge on any atom is 0.252 e. The highest BCUT2D eigenvalue weighted by Gasteiger charge is 2.19. The SMILES string of the molecule is O=C(CC(c1ccccc1)c1ccccc1)Nc1nnc(CCNC(=O)c2ccccc2Cl)s1. The predicted molar refractivity (Wildman–Crippen MR) is 135 cm³/mol. The maximum atomic E-state index is 12.8. The van der Waals surface area contributed by atoms with Gasteiger partial charge in [-0.3, -0.25) is 9.59 Å². The molecule has 0 aliphatic rings. The topological polar surface area (TPSA) is 84.0 Å². The van der Waals surface area contributed by atoms with E-state index in [4.69, 9.17) is 11.6 Å². The minimum Gasteiger partial charge on any atom is -0.352 e. The Morgan fingerprint density at radius 3 is 2.12 bits per heavy atom. The Hall–Kier alpha value is -3.55. The normalized spacial score (nSPS) is 10.8. The van der Waals surface area contributed by atoms with Gasteiger partial charge in [-0.2, -0.15) is 0 Å². The minimum atomic E-state index is -0.239. The second-order valence-electron chi connectivity index (χ2n) is 7.61. The van der Waals surface area contributed by atoms with Crippen LogP contribution in [0, 0.1) is 0 Å². The van der Waals surface area contributed by atoms with Crippen LogP contribution in [0.5, 0.6) is 0 Å². The van der Waals surface area contributed by atoms with Gasteiger partial charge in [-0.05, 0) is 23.3 Å². The number of rotatable bonds is 9. The predicted octanol–water partition coefficient (Wildman–Crippen LogP) is 5.32. The molecule has 8 heteroatoms. The molecule has 2 N–H and O–H groups in total. The summed E-state index contributed by atoms with van der Waals surface area (Å²) in [5.74, 6) is -0.432. The Bertz CT molecular complexity index is 1210. The molecule has 0 spiro atoms. The van der Waals surface area contributed by atoms with Crippen LogP contribution in [-0.4, -0.2) is 28.6 Å². The van der Waals surface area contributed by atoms with Gasteiger partial charge in [-0.1, -0.05) is 95.7 Å². The van der Waals surface area contributed by atoms with Crippen molar-refractivity contribution in [2.24, 2.45) is 0 Å². The average Bonchev–Trinajstić information content (AvgIpc) is 3.30. The van der Waals surface area contributed by atoms with Gasteiger partial charge in [-0.15, -0.1) is 10.2 Å². The van der Waals surface area contributed by atoms with E-state index in [1.54, 1.807) is 24.3 Å². The molecular formula is C26H23ClN4O2S. The average molecular weight is 491 g/mol. The summed E-state index contributed by atoms with van der Waals surface area (Å²) in [6.45, 7) is 0.386. The van der Waals surface area contributed by atoms with Gasteiger partial charge >= 0.3 is 0 Å². The molecule has 0 saturated heterocycles. The van der Waals surface area contributed by atoms with Crippen molar-refractivity contribution in [3.05, 3.63) is 112 Å². The van der Waals surface area contributed by atoms with Crippen molar-refractivity contribution < 1.29 is 9.59 Å². The molecule has 0 atom stereocenters. The van der Waals surface area contributed by atoms with Crippen molar-refractivity contribution >= 4 is 39.9 Å². The van der Waals surface area contributed by atoms with E-state index in [1.165, 1.54) is 11.3 Å². The summed E-state index contributed by atoms with van der Waals surface area (Å²) in [5, 5.41) is 15.5. The number of benzene rings is 3. The third kappa shape index (κ3) is 6.27. The summed E-state index contributed by atoms with van der Waals surface area (Å²) < 4.78 is 0. The Labute approximate surface area is 207 Å². The molecule has 2 amide bonds. The number of hydrogen-bond donors (Lipinski definition) is 2. The van der Waals surface area contributed by atoms with E-state index >= 15 is 0 Å². The maximum absolute atomic E-state index is 12.8. The van der Waals surface area contributed by atoms with E-state index in [0.717, 1.165) is 16.1 Å². The van der Waals surface area contributed by atoms with Gasteiger partial charge in [0, 0.05) is 25.3 Å². The molecule has 6 nitrogen and oxygen atoms in total. The smallest absolute Gasteiger partial charge is 0.252 e. The van der Waals surface area contributed by atoms with Gasteiger partial charge in [-0.25, -0.2) is 0 Å². The van der Waals surface area contributed by atoms with Gasteiger partial charge in [0.15, 0.2) is 0 Å². The Morgan fingerprint density at radius 1 is 0.853 bits per heavy atom. The molecule has 0 aliphatic carbocycles. The fraction of sp³-hybridized carbons (Fsp3) is 0.154. The van der Waals surface area contributed by atoms with Gasteiger partial charge in [0.1, 0.15) is 5.01 Å². The fourth-order valence-electron chi connectivity index (χ4n) is 3.58. The van der Waals surface area contributed by atoms with Gasteiger partial charge in [0.25, 0.3) is 5.91 Å². The van der Waals surface area contributed by atoms with Gasteiger partial charge < -0.3 is 10.6 Å². The van der Waals surface area contributed by atoms with Crippen molar-refractivity contribution in [2.75, 3.05) is 11.9 Å². The number of anilines is 1. The van der Waals surface area contributed by atoms with E-state index in [9.17, 15) is 9.59 Å². The first-order valence-electron chi connectivity index (χ1n) is 10.8. The lowest BCUT2D eigenvalue weighted by molar-refractivity contribution is -0.116. The molecule has 0 saturated carbocycles. The second kappa shape index (κ2) is 11.5. The zero-order valence-corrected chi connectivity index (χ0v) is 19.9. The molecular weight excluding hydrogens is 468 g/mol. The molecule has 34 heavy (non-hydrogen) atoms. The van der Waals surface area contributed by atoms with Crippen molar-refractivity contribution in [3.63, 3.8) is 0 Å². The Balaban J connectivity index is 1.32. The summed E-state index contributed by atoms with van der Waals surface area (Å²) >= 11 is 7.36. The number of hydrogen-bond acceptors (Lipinski definition) is 5. The number of carbonyl (C=O) groups is 2. The number of amides is 2. The molecule has 4 rings (SSSR count). The summed E-state index contributed by atoms with van der Waals surface area (Å²) in [7, 11) is 0. The highest BCUT2D eigenvalue weighted by molar-refractivity contribution is 7.15. The summed E-state index contributed by atoms with van der Waals surface area (Å²) in [6.07, 6.45) is 0.789. The lowest BCUT2D eigenvalue weighted by Crippen LogP contribution is -2.25. The Kier molecular flexibility index (Phi) is 8.01. The van der Waals surface area contributed by atoms with E-state index < -0.39 is 0 Å². The van der Waals surface area contributed by atoms with Crippen molar-refractivity contribution in [1.29, 1.82) is 0 Å². The monoisotopic (exact) mass is 490 g/mol. The highest BCUT2D eigenvalue weighted by Crippen LogP contribution is 2.28. The number of halogens is 1. The molecule has 3 aromatic carbocycles.